The van der Waals surface area contributed by atoms with Crippen LogP contribution in [0.4, 0.5) is 0 Å². The highest BCUT2D eigenvalue weighted by Gasteiger charge is 2.03. The van der Waals surface area contributed by atoms with E-state index in [1.807, 2.05) is 24.3 Å². The van der Waals surface area contributed by atoms with E-state index in [0.29, 0.717) is 12.4 Å². The minimum absolute atomic E-state index is 0.0311. The molecule has 1 N–H and O–H groups in total. The summed E-state index contributed by atoms with van der Waals surface area (Å²) in [6, 6.07) is 7.37. The minimum Gasteiger partial charge on any atom is -0.487 e. The van der Waals surface area contributed by atoms with E-state index in [1.165, 1.54) is 0 Å². The second-order valence-electron chi connectivity index (χ2n) is 3.44. The van der Waals surface area contributed by atoms with Gasteiger partial charge in [-0.05, 0) is 6.07 Å². The maximum atomic E-state index is 9.11. The second kappa shape index (κ2) is 4.76. The van der Waals surface area contributed by atoms with Gasteiger partial charge in [-0.15, -0.1) is 5.10 Å². The lowest BCUT2D eigenvalue weighted by atomic mass is 10.2. The predicted molar refractivity (Wildman–Crippen MR) is 57.7 cm³/mol. The lowest BCUT2D eigenvalue weighted by molar-refractivity contribution is 0.257. The standard InChI is InChI=1S/C11H13N3O2/c1-14-6-10(12-13-14)8-16-11-5-3-2-4-9(11)7-15/h2-6,15H,7-8H2,1H3. The molecule has 0 aliphatic rings. The van der Waals surface area contributed by atoms with E-state index < -0.39 is 0 Å². The number of nitrogens with zero attached hydrogens (tertiary/aromatic N) is 3. The lowest BCUT2D eigenvalue weighted by Gasteiger charge is -2.07. The van der Waals surface area contributed by atoms with Gasteiger partial charge in [-0.2, -0.15) is 0 Å². The van der Waals surface area contributed by atoms with E-state index >= 15 is 0 Å². The first-order chi connectivity index (χ1) is 7.79. The van der Waals surface area contributed by atoms with Gasteiger partial charge in [-0.25, -0.2) is 0 Å². The fourth-order valence-corrected chi connectivity index (χ4v) is 1.39. The molecule has 0 spiro atoms. The molecule has 0 saturated heterocycles. The van der Waals surface area contributed by atoms with Crippen molar-refractivity contribution >= 4 is 0 Å². The van der Waals surface area contributed by atoms with E-state index in [9.17, 15) is 0 Å². The number of para-hydroxylation sites is 1. The van der Waals surface area contributed by atoms with Crippen LogP contribution in [0.25, 0.3) is 0 Å². The first kappa shape index (κ1) is 10.6. The summed E-state index contributed by atoms with van der Waals surface area (Å²) in [5.74, 6) is 0.677. The van der Waals surface area contributed by atoms with Crippen molar-refractivity contribution < 1.29 is 9.84 Å². The molecule has 5 heteroatoms. The number of rotatable bonds is 4. The molecule has 0 aliphatic carbocycles. The largest absolute Gasteiger partial charge is 0.487 e. The van der Waals surface area contributed by atoms with Crippen molar-refractivity contribution in [2.75, 3.05) is 0 Å². The summed E-state index contributed by atoms with van der Waals surface area (Å²) in [4.78, 5) is 0. The Morgan fingerprint density at radius 3 is 2.88 bits per heavy atom. The molecule has 16 heavy (non-hydrogen) atoms. The van der Waals surface area contributed by atoms with E-state index in [0.717, 1.165) is 11.3 Å². The Bertz CT molecular complexity index is 468. The molecule has 1 aromatic heterocycles. The lowest BCUT2D eigenvalue weighted by Crippen LogP contribution is -1.98. The van der Waals surface area contributed by atoms with Gasteiger partial charge in [0.2, 0.25) is 0 Å². The van der Waals surface area contributed by atoms with Crippen LogP contribution in [0.5, 0.6) is 5.75 Å². The number of aromatic nitrogens is 3. The van der Waals surface area contributed by atoms with Crippen molar-refractivity contribution in [2.24, 2.45) is 7.05 Å². The van der Waals surface area contributed by atoms with E-state index in [4.69, 9.17) is 9.84 Å². The van der Waals surface area contributed by atoms with Crippen LogP contribution >= 0.6 is 0 Å². The Labute approximate surface area is 93.3 Å². The molecule has 0 saturated carbocycles. The molecule has 1 heterocycles. The van der Waals surface area contributed by atoms with Crippen molar-refractivity contribution in [2.45, 2.75) is 13.2 Å². The van der Waals surface area contributed by atoms with Gasteiger partial charge in [0.05, 0.1) is 12.8 Å². The van der Waals surface area contributed by atoms with E-state index in [1.54, 1.807) is 17.9 Å². The third-order valence-corrected chi connectivity index (χ3v) is 2.17. The van der Waals surface area contributed by atoms with Crippen LogP contribution in [0.3, 0.4) is 0 Å². The van der Waals surface area contributed by atoms with Crippen molar-refractivity contribution in [1.29, 1.82) is 0 Å². The quantitative estimate of drug-likeness (QED) is 0.829. The average Bonchev–Trinajstić information content (AvgIpc) is 2.73. The monoisotopic (exact) mass is 219 g/mol. The number of aliphatic hydroxyl groups excluding tert-OH is 1. The summed E-state index contributed by atoms with van der Waals surface area (Å²) in [5.41, 5.74) is 1.53. The first-order valence-electron chi connectivity index (χ1n) is 4.96. The van der Waals surface area contributed by atoms with Crippen LogP contribution in [-0.2, 0) is 20.3 Å². The fraction of sp³-hybridized carbons (Fsp3) is 0.273. The normalized spacial score (nSPS) is 10.4. The van der Waals surface area contributed by atoms with Gasteiger partial charge < -0.3 is 9.84 Å². The molecule has 0 radical (unpaired) electrons. The zero-order chi connectivity index (χ0) is 11.4. The Morgan fingerprint density at radius 1 is 1.38 bits per heavy atom. The highest BCUT2D eigenvalue weighted by atomic mass is 16.5. The number of aliphatic hydroxyl groups is 1. The van der Waals surface area contributed by atoms with Crippen LogP contribution in [0.15, 0.2) is 30.5 Å². The summed E-state index contributed by atoms with van der Waals surface area (Å²) < 4.78 is 7.17. The molecular formula is C11H13N3O2. The molecule has 2 rings (SSSR count). The average molecular weight is 219 g/mol. The highest BCUT2D eigenvalue weighted by Crippen LogP contribution is 2.18. The molecule has 84 valence electrons. The SMILES string of the molecule is Cn1cc(COc2ccccc2CO)nn1. The maximum Gasteiger partial charge on any atom is 0.134 e. The molecule has 5 nitrogen and oxygen atoms in total. The molecule has 0 unspecified atom stereocenters. The van der Waals surface area contributed by atoms with Crippen molar-refractivity contribution in [3.8, 4) is 5.75 Å². The third-order valence-electron chi connectivity index (χ3n) is 2.17. The summed E-state index contributed by atoms with van der Waals surface area (Å²) in [5, 5.41) is 16.8. The van der Waals surface area contributed by atoms with Gasteiger partial charge in [0.15, 0.2) is 0 Å². The fourth-order valence-electron chi connectivity index (χ4n) is 1.39. The predicted octanol–water partition coefficient (Wildman–Crippen LogP) is 0.886. The van der Waals surface area contributed by atoms with Gasteiger partial charge in [0.1, 0.15) is 18.1 Å². The summed E-state index contributed by atoms with van der Waals surface area (Å²) in [6.07, 6.45) is 1.79. The molecule has 0 fully saturated rings. The minimum atomic E-state index is -0.0311. The maximum absolute atomic E-state index is 9.11. The first-order valence-corrected chi connectivity index (χ1v) is 4.96. The Morgan fingerprint density at radius 2 is 2.19 bits per heavy atom. The molecular weight excluding hydrogens is 206 g/mol. The summed E-state index contributed by atoms with van der Waals surface area (Å²) in [7, 11) is 1.80. The Kier molecular flexibility index (Phi) is 3.16. The molecule has 0 atom stereocenters. The van der Waals surface area contributed by atoms with Crippen LogP contribution in [0, 0.1) is 0 Å². The molecule has 0 bridgehead atoms. The van der Waals surface area contributed by atoms with E-state index in [2.05, 4.69) is 10.3 Å². The van der Waals surface area contributed by atoms with Gasteiger partial charge >= 0.3 is 0 Å². The van der Waals surface area contributed by atoms with Gasteiger partial charge in [0, 0.05) is 12.6 Å². The number of aryl methyl sites for hydroxylation is 1. The van der Waals surface area contributed by atoms with Gasteiger partial charge in [-0.1, -0.05) is 23.4 Å². The highest BCUT2D eigenvalue weighted by molar-refractivity contribution is 5.32. The molecule has 0 aliphatic heterocycles. The summed E-state index contributed by atoms with van der Waals surface area (Å²) in [6.45, 7) is 0.321. The second-order valence-corrected chi connectivity index (χ2v) is 3.44. The number of benzene rings is 1. The number of ether oxygens (including phenoxy) is 1. The Balaban J connectivity index is 2.04. The van der Waals surface area contributed by atoms with Gasteiger partial charge in [-0.3, -0.25) is 4.68 Å². The smallest absolute Gasteiger partial charge is 0.134 e. The van der Waals surface area contributed by atoms with Crippen LogP contribution in [0.2, 0.25) is 0 Å². The van der Waals surface area contributed by atoms with Gasteiger partial charge in [0.25, 0.3) is 0 Å². The zero-order valence-electron chi connectivity index (χ0n) is 9.00. The topological polar surface area (TPSA) is 60.2 Å². The molecule has 2 aromatic rings. The Hall–Kier alpha value is -1.88. The molecule has 0 amide bonds. The van der Waals surface area contributed by atoms with Crippen molar-refractivity contribution in [1.82, 2.24) is 15.0 Å². The van der Waals surface area contributed by atoms with Crippen molar-refractivity contribution in [3.63, 3.8) is 0 Å². The van der Waals surface area contributed by atoms with Crippen molar-refractivity contribution in [3.05, 3.63) is 41.7 Å². The molecule has 1 aromatic carbocycles. The summed E-state index contributed by atoms with van der Waals surface area (Å²) >= 11 is 0. The third kappa shape index (κ3) is 2.38. The van der Waals surface area contributed by atoms with Crippen LogP contribution < -0.4 is 4.74 Å². The number of hydrogen-bond acceptors (Lipinski definition) is 4. The number of hydrogen-bond donors (Lipinski definition) is 1. The zero-order valence-corrected chi connectivity index (χ0v) is 9.00. The van der Waals surface area contributed by atoms with Crippen LogP contribution in [0.1, 0.15) is 11.3 Å². The van der Waals surface area contributed by atoms with E-state index in [-0.39, 0.29) is 6.61 Å². The van der Waals surface area contributed by atoms with Crippen LogP contribution in [-0.4, -0.2) is 20.1 Å².